The summed E-state index contributed by atoms with van der Waals surface area (Å²) in [5.74, 6) is 1.31. The number of halogens is 1. The van der Waals surface area contributed by atoms with Crippen LogP contribution in [0.25, 0.3) is 0 Å². The molecule has 0 radical (unpaired) electrons. The molecule has 2 fully saturated rings. The van der Waals surface area contributed by atoms with Gasteiger partial charge in [-0.05, 0) is 49.3 Å². The molecule has 0 spiro atoms. The third kappa shape index (κ3) is 3.43. The third-order valence-corrected chi connectivity index (χ3v) is 6.71. The van der Waals surface area contributed by atoms with Gasteiger partial charge in [-0.2, -0.15) is 0 Å². The van der Waals surface area contributed by atoms with Crippen LogP contribution in [0.2, 0.25) is 0 Å². The van der Waals surface area contributed by atoms with Gasteiger partial charge in [0.25, 0.3) is 0 Å². The van der Waals surface area contributed by atoms with E-state index in [1.54, 1.807) is 0 Å². The second-order valence-corrected chi connectivity index (χ2v) is 9.18. The van der Waals surface area contributed by atoms with Crippen molar-refractivity contribution in [2.24, 2.45) is 0 Å². The summed E-state index contributed by atoms with van der Waals surface area (Å²) in [6.45, 7) is 0. The summed E-state index contributed by atoms with van der Waals surface area (Å²) in [4.78, 5) is 0. The fourth-order valence-electron chi connectivity index (χ4n) is 3.27. The Kier molecular flexibility index (Phi) is 4.20. The molecule has 3 rings (SSSR count). The summed E-state index contributed by atoms with van der Waals surface area (Å²) in [6.07, 6.45) is 4.04. The van der Waals surface area contributed by atoms with E-state index in [-0.39, 0.29) is 6.04 Å². The van der Waals surface area contributed by atoms with Crippen molar-refractivity contribution >= 4 is 25.8 Å². The van der Waals surface area contributed by atoms with Gasteiger partial charge in [0, 0.05) is 16.6 Å². The minimum atomic E-state index is -2.80. The van der Waals surface area contributed by atoms with Gasteiger partial charge in [-0.25, -0.2) is 8.42 Å². The number of sulfone groups is 1. The molecule has 1 saturated carbocycles. The molecule has 1 N–H and O–H groups in total. The zero-order valence-electron chi connectivity index (χ0n) is 11.4. The van der Waals surface area contributed by atoms with Crippen LogP contribution in [0.1, 0.15) is 37.2 Å². The summed E-state index contributed by atoms with van der Waals surface area (Å²) < 4.78 is 24.4. The molecule has 0 bridgehead atoms. The Bertz CT molecular complexity index is 581. The highest BCUT2D eigenvalue weighted by Crippen LogP contribution is 2.38. The minimum absolute atomic E-state index is 0.169. The molecule has 2 aliphatic rings. The monoisotopic (exact) mass is 357 g/mol. The van der Waals surface area contributed by atoms with Gasteiger partial charge in [-0.15, -0.1) is 0 Å². The summed E-state index contributed by atoms with van der Waals surface area (Å²) in [5, 5.41) is 3.53. The molecule has 20 heavy (non-hydrogen) atoms. The summed E-state index contributed by atoms with van der Waals surface area (Å²) in [7, 11) is -2.80. The van der Waals surface area contributed by atoms with Gasteiger partial charge < -0.3 is 5.32 Å². The van der Waals surface area contributed by atoms with Crippen LogP contribution in [0, 0.1) is 0 Å². The van der Waals surface area contributed by atoms with Gasteiger partial charge in [0.15, 0.2) is 9.84 Å². The maximum absolute atomic E-state index is 11.6. The molecular formula is C15H20BrNO2S. The zero-order chi connectivity index (χ0) is 14.2. The Morgan fingerprint density at radius 3 is 2.70 bits per heavy atom. The van der Waals surface area contributed by atoms with E-state index in [9.17, 15) is 8.42 Å². The second-order valence-electron chi connectivity index (χ2n) is 6.04. The molecule has 1 aliphatic carbocycles. The highest BCUT2D eigenvalue weighted by atomic mass is 79.9. The van der Waals surface area contributed by atoms with E-state index in [1.165, 1.54) is 5.56 Å². The van der Waals surface area contributed by atoms with E-state index >= 15 is 0 Å². The van der Waals surface area contributed by atoms with Gasteiger partial charge in [-0.3, -0.25) is 0 Å². The molecule has 1 aliphatic heterocycles. The van der Waals surface area contributed by atoms with Gasteiger partial charge in [0.2, 0.25) is 0 Å². The molecule has 0 aromatic heterocycles. The predicted octanol–water partition coefficient (Wildman–Crippen LogP) is 2.86. The van der Waals surface area contributed by atoms with Crippen molar-refractivity contribution in [1.29, 1.82) is 0 Å². The first-order valence-corrected chi connectivity index (χ1v) is 9.85. The molecule has 110 valence electrons. The van der Waals surface area contributed by atoms with Crippen LogP contribution in [0.5, 0.6) is 0 Å². The van der Waals surface area contributed by atoms with Crippen molar-refractivity contribution in [3.8, 4) is 0 Å². The number of hydrogen-bond donors (Lipinski definition) is 1. The topological polar surface area (TPSA) is 46.2 Å². The van der Waals surface area contributed by atoms with E-state index < -0.39 is 9.84 Å². The van der Waals surface area contributed by atoms with Crippen molar-refractivity contribution in [3.05, 3.63) is 34.3 Å². The van der Waals surface area contributed by atoms with E-state index in [1.807, 2.05) is 6.07 Å². The average molecular weight is 358 g/mol. The summed E-state index contributed by atoms with van der Waals surface area (Å²) in [6, 6.07) is 9.14. The predicted molar refractivity (Wildman–Crippen MR) is 84.7 cm³/mol. The lowest BCUT2D eigenvalue weighted by atomic mass is 9.75. The van der Waals surface area contributed by atoms with Crippen LogP contribution < -0.4 is 5.32 Å². The first-order valence-electron chi connectivity index (χ1n) is 7.24. The number of nitrogens with one attached hydrogen (secondary N) is 1. The first kappa shape index (κ1) is 14.5. The molecule has 1 aromatic rings. The Morgan fingerprint density at radius 1 is 1.20 bits per heavy atom. The summed E-state index contributed by atoms with van der Waals surface area (Å²) >= 11 is 3.51. The van der Waals surface area contributed by atoms with Crippen LogP contribution >= 0.6 is 15.9 Å². The molecule has 1 heterocycles. The smallest absolute Gasteiger partial charge is 0.151 e. The lowest BCUT2D eigenvalue weighted by Gasteiger charge is -2.39. The van der Waals surface area contributed by atoms with Gasteiger partial charge in [0.1, 0.15) is 0 Å². The third-order valence-electron chi connectivity index (χ3n) is 4.39. The minimum Gasteiger partial charge on any atom is -0.310 e. The highest BCUT2D eigenvalue weighted by Gasteiger charge is 2.33. The normalized spacial score (nSPS) is 32.5. The SMILES string of the molecule is O=S1(=O)CCCC(NC2CC(c3cccc(Br)c3)C2)C1. The zero-order valence-corrected chi connectivity index (χ0v) is 13.8. The maximum atomic E-state index is 11.6. The first-order chi connectivity index (χ1) is 9.52. The number of benzene rings is 1. The quantitative estimate of drug-likeness (QED) is 0.904. The van der Waals surface area contributed by atoms with Crippen LogP contribution in [0.3, 0.4) is 0 Å². The van der Waals surface area contributed by atoms with Crippen LogP contribution in [0.15, 0.2) is 28.7 Å². The van der Waals surface area contributed by atoms with E-state index in [4.69, 9.17) is 0 Å². The molecule has 0 amide bonds. The van der Waals surface area contributed by atoms with E-state index in [0.29, 0.717) is 23.5 Å². The van der Waals surface area contributed by atoms with Crippen LogP contribution in [-0.2, 0) is 9.84 Å². The molecule has 3 nitrogen and oxygen atoms in total. The number of rotatable bonds is 3. The molecule has 5 heteroatoms. The Morgan fingerprint density at radius 2 is 2.00 bits per heavy atom. The molecule has 1 unspecified atom stereocenters. The molecular weight excluding hydrogens is 338 g/mol. The lowest BCUT2D eigenvalue weighted by Crippen LogP contribution is -2.49. The highest BCUT2D eigenvalue weighted by molar-refractivity contribution is 9.10. The van der Waals surface area contributed by atoms with Crippen molar-refractivity contribution in [2.45, 2.75) is 43.7 Å². The fraction of sp³-hybridized carbons (Fsp3) is 0.600. The Labute approximate surface area is 129 Å². The van der Waals surface area contributed by atoms with E-state index in [0.717, 1.165) is 30.2 Å². The number of hydrogen-bond acceptors (Lipinski definition) is 3. The Hall–Kier alpha value is -0.390. The van der Waals surface area contributed by atoms with Gasteiger partial charge >= 0.3 is 0 Å². The average Bonchev–Trinajstić information content (AvgIpc) is 2.32. The van der Waals surface area contributed by atoms with Gasteiger partial charge in [-0.1, -0.05) is 28.1 Å². The van der Waals surface area contributed by atoms with Gasteiger partial charge in [0.05, 0.1) is 11.5 Å². The Balaban J connectivity index is 1.51. The summed E-state index contributed by atoms with van der Waals surface area (Å²) in [5.41, 5.74) is 1.38. The molecule has 1 atom stereocenters. The van der Waals surface area contributed by atoms with Crippen molar-refractivity contribution in [2.75, 3.05) is 11.5 Å². The standard InChI is InChI=1S/C15H20BrNO2S/c16-13-4-1-3-11(7-13)12-8-15(9-12)17-14-5-2-6-20(18,19)10-14/h1,3-4,7,12,14-15,17H,2,5-6,8-10H2. The molecule has 1 aromatic carbocycles. The van der Waals surface area contributed by atoms with E-state index in [2.05, 4.69) is 39.4 Å². The van der Waals surface area contributed by atoms with Crippen molar-refractivity contribution in [3.63, 3.8) is 0 Å². The largest absolute Gasteiger partial charge is 0.310 e. The molecule has 1 saturated heterocycles. The van der Waals surface area contributed by atoms with Crippen LogP contribution in [-0.4, -0.2) is 32.0 Å². The fourth-order valence-corrected chi connectivity index (χ4v) is 5.34. The maximum Gasteiger partial charge on any atom is 0.151 e. The van der Waals surface area contributed by atoms with Crippen molar-refractivity contribution < 1.29 is 8.42 Å². The van der Waals surface area contributed by atoms with Crippen LogP contribution in [0.4, 0.5) is 0 Å². The lowest BCUT2D eigenvalue weighted by molar-refractivity contribution is 0.263. The second kappa shape index (κ2) is 5.78. The van der Waals surface area contributed by atoms with Crippen molar-refractivity contribution in [1.82, 2.24) is 5.32 Å².